The number of nitrogens with two attached hydrogens (primary N) is 1. The van der Waals surface area contributed by atoms with E-state index in [0.29, 0.717) is 0 Å². The van der Waals surface area contributed by atoms with Crippen molar-refractivity contribution < 1.29 is 4.79 Å². The van der Waals surface area contributed by atoms with Crippen molar-refractivity contribution in [2.45, 2.75) is 32.1 Å². The first kappa shape index (κ1) is 8.31. The predicted octanol–water partition coefficient (Wildman–Crippen LogP) is 1.61. The molecule has 0 heterocycles. The van der Waals surface area contributed by atoms with Crippen LogP contribution in [0, 0.1) is 5.92 Å². The number of allylic oxidation sites excluding steroid dienone is 2. The summed E-state index contributed by atoms with van der Waals surface area (Å²) < 4.78 is 0. The lowest BCUT2D eigenvalue weighted by Gasteiger charge is -2.12. The molecule has 0 fully saturated rings. The summed E-state index contributed by atoms with van der Waals surface area (Å²) >= 11 is 0. The first-order valence-electron chi connectivity index (χ1n) is 4.25. The van der Waals surface area contributed by atoms with Crippen LogP contribution in [0.15, 0.2) is 12.2 Å². The van der Waals surface area contributed by atoms with Gasteiger partial charge in [-0.15, -0.1) is 0 Å². The summed E-state index contributed by atoms with van der Waals surface area (Å²) in [6, 6.07) is 0. The standard InChI is InChI=1S/C9H15NO/c10-9(11)8-6-4-2-1-3-5-7-8/h1-2,8H,3-7H2,(H2,10,11). The second kappa shape index (κ2) is 4.16. The van der Waals surface area contributed by atoms with Crippen molar-refractivity contribution in [2.75, 3.05) is 0 Å². The van der Waals surface area contributed by atoms with Crippen molar-refractivity contribution in [3.8, 4) is 0 Å². The number of rotatable bonds is 1. The largest absolute Gasteiger partial charge is 0.369 e. The molecule has 11 heavy (non-hydrogen) atoms. The first-order chi connectivity index (χ1) is 5.30. The number of amides is 1. The second-order valence-electron chi connectivity index (χ2n) is 3.08. The third-order valence-corrected chi connectivity index (χ3v) is 2.17. The Morgan fingerprint density at radius 3 is 2.73 bits per heavy atom. The van der Waals surface area contributed by atoms with Crippen LogP contribution >= 0.6 is 0 Å². The third kappa shape index (κ3) is 2.74. The van der Waals surface area contributed by atoms with Crippen LogP contribution < -0.4 is 5.73 Å². The summed E-state index contributed by atoms with van der Waals surface area (Å²) in [6.07, 6.45) is 9.46. The van der Waals surface area contributed by atoms with Crippen LogP contribution in [-0.4, -0.2) is 5.91 Å². The van der Waals surface area contributed by atoms with Crippen LogP contribution in [0.25, 0.3) is 0 Å². The number of hydrogen-bond acceptors (Lipinski definition) is 1. The van der Waals surface area contributed by atoms with Crippen molar-refractivity contribution in [1.29, 1.82) is 0 Å². The summed E-state index contributed by atoms with van der Waals surface area (Å²) in [5.41, 5.74) is 5.22. The smallest absolute Gasteiger partial charge is 0.220 e. The summed E-state index contributed by atoms with van der Waals surface area (Å²) in [5.74, 6) is 0.000231. The highest BCUT2D eigenvalue weighted by molar-refractivity contribution is 5.76. The molecule has 62 valence electrons. The third-order valence-electron chi connectivity index (χ3n) is 2.17. The molecule has 0 aliphatic heterocycles. The van der Waals surface area contributed by atoms with Gasteiger partial charge in [-0.1, -0.05) is 12.2 Å². The molecule has 0 radical (unpaired) electrons. The molecule has 1 amide bonds. The van der Waals surface area contributed by atoms with Crippen LogP contribution in [0.1, 0.15) is 32.1 Å². The van der Waals surface area contributed by atoms with Gasteiger partial charge in [-0.2, -0.15) is 0 Å². The highest BCUT2D eigenvalue weighted by Crippen LogP contribution is 2.17. The van der Waals surface area contributed by atoms with E-state index in [9.17, 15) is 4.79 Å². The van der Waals surface area contributed by atoms with E-state index in [0.717, 1.165) is 32.1 Å². The molecular formula is C9H15NO. The molecule has 0 spiro atoms. The molecule has 0 saturated heterocycles. The van der Waals surface area contributed by atoms with E-state index in [2.05, 4.69) is 12.2 Å². The monoisotopic (exact) mass is 153 g/mol. The summed E-state index contributed by atoms with van der Waals surface area (Å²) in [5, 5.41) is 0. The normalized spacial score (nSPS) is 25.6. The zero-order valence-corrected chi connectivity index (χ0v) is 6.75. The second-order valence-corrected chi connectivity index (χ2v) is 3.08. The van der Waals surface area contributed by atoms with Crippen LogP contribution in [0.2, 0.25) is 0 Å². The Labute approximate surface area is 67.5 Å². The molecule has 1 aliphatic carbocycles. The number of primary amides is 1. The Morgan fingerprint density at radius 1 is 1.27 bits per heavy atom. The van der Waals surface area contributed by atoms with E-state index >= 15 is 0 Å². The van der Waals surface area contributed by atoms with E-state index in [4.69, 9.17) is 5.73 Å². The van der Waals surface area contributed by atoms with E-state index in [1.807, 2.05) is 0 Å². The molecule has 2 nitrogen and oxygen atoms in total. The van der Waals surface area contributed by atoms with E-state index < -0.39 is 0 Å². The molecule has 0 aromatic heterocycles. The Morgan fingerprint density at radius 2 is 2.00 bits per heavy atom. The molecule has 0 aromatic carbocycles. The van der Waals surface area contributed by atoms with Gasteiger partial charge in [-0.25, -0.2) is 0 Å². The fourth-order valence-electron chi connectivity index (χ4n) is 1.44. The van der Waals surface area contributed by atoms with Crippen LogP contribution in [-0.2, 0) is 4.79 Å². The molecular weight excluding hydrogens is 138 g/mol. The van der Waals surface area contributed by atoms with Gasteiger partial charge in [0.25, 0.3) is 0 Å². The fraction of sp³-hybridized carbons (Fsp3) is 0.667. The summed E-state index contributed by atoms with van der Waals surface area (Å²) in [6.45, 7) is 0. The molecule has 1 aliphatic rings. The van der Waals surface area contributed by atoms with Crippen LogP contribution in [0.3, 0.4) is 0 Å². The molecule has 1 unspecified atom stereocenters. The Balaban J connectivity index is 2.42. The predicted molar refractivity (Wildman–Crippen MR) is 44.9 cm³/mol. The Hall–Kier alpha value is -0.790. The number of carbonyl (C=O) groups is 1. The Kier molecular flexibility index (Phi) is 3.14. The van der Waals surface area contributed by atoms with Crippen LogP contribution in [0.5, 0.6) is 0 Å². The highest BCUT2D eigenvalue weighted by atomic mass is 16.1. The molecule has 1 rings (SSSR count). The van der Waals surface area contributed by atoms with Gasteiger partial charge in [-0.3, -0.25) is 4.79 Å². The average molecular weight is 153 g/mol. The highest BCUT2D eigenvalue weighted by Gasteiger charge is 2.14. The van der Waals surface area contributed by atoms with E-state index in [1.54, 1.807) is 0 Å². The molecule has 0 saturated carbocycles. The van der Waals surface area contributed by atoms with Gasteiger partial charge < -0.3 is 5.73 Å². The molecule has 0 bridgehead atoms. The van der Waals surface area contributed by atoms with Crippen molar-refractivity contribution >= 4 is 5.91 Å². The van der Waals surface area contributed by atoms with Gasteiger partial charge in [0.15, 0.2) is 0 Å². The first-order valence-corrected chi connectivity index (χ1v) is 4.25. The lowest BCUT2D eigenvalue weighted by Crippen LogP contribution is -2.23. The molecule has 0 aromatic rings. The van der Waals surface area contributed by atoms with Crippen LogP contribution in [0.4, 0.5) is 0 Å². The maximum Gasteiger partial charge on any atom is 0.220 e. The maximum atomic E-state index is 10.8. The maximum absolute atomic E-state index is 10.8. The number of carbonyl (C=O) groups excluding carboxylic acids is 1. The van der Waals surface area contributed by atoms with Crippen molar-refractivity contribution in [1.82, 2.24) is 0 Å². The van der Waals surface area contributed by atoms with Gasteiger partial charge >= 0.3 is 0 Å². The lowest BCUT2D eigenvalue weighted by atomic mass is 9.94. The fourth-order valence-corrected chi connectivity index (χ4v) is 1.44. The van der Waals surface area contributed by atoms with E-state index in [1.165, 1.54) is 0 Å². The van der Waals surface area contributed by atoms with Crippen molar-refractivity contribution in [3.05, 3.63) is 12.2 Å². The minimum atomic E-state index is -0.125. The molecule has 2 N–H and O–H groups in total. The zero-order chi connectivity index (χ0) is 8.10. The molecule has 1 atom stereocenters. The molecule has 2 heteroatoms. The zero-order valence-electron chi connectivity index (χ0n) is 6.75. The SMILES string of the molecule is NC(=O)C1CCC=CCCC1. The minimum absolute atomic E-state index is 0.125. The lowest BCUT2D eigenvalue weighted by molar-refractivity contribution is -0.122. The van der Waals surface area contributed by atoms with Crippen molar-refractivity contribution in [3.63, 3.8) is 0 Å². The summed E-state index contributed by atoms with van der Waals surface area (Å²) in [4.78, 5) is 10.8. The quantitative estimate of drug-likeness (QED) is 0.571. The minimum Gasteiger partial charge on any atom is -0.369 e. The van der Waals surface area contributed by atoms with E-state index in [-0.39, 0.29) is 11.8 Å². The topological polar surface area (TPSA) is 43.1 Å². The van der Waals surface area contributed by atoms with Gasteiger partial charge in [0, 0.05) is 5.92 Å². The average Bonchev–Trinajstić information content (AvgIpc) is 1.84. The van der Waals surface area contributed by atoms with Gasteiger partial charge in [0.2, 0.25) is 5.91 Å². The van der Waals surface area contributed by atoms with Gasteiger partial charge in [-0.05, 0) is 32.1 Å². The summed E-state index contributed by atoms with van der Waals surface area (Å²) in [7, 11) is 0. The van der Waals surface area contributed by atoms with Crippen molar-refractivity contribution in [2.24, 2.45) is 11.7 Å². The van der Waals surface area contributed by atoms with Gasteiger partial charge in [0.1, 0.15) is 0 Å². The van der Waals surface area contributed by atoms with Gasteiger partial charge in [0.05, 0.1) is 0 Å². The Bertz CT molecular complexity index is 163. The number of hydrogen-bond donors (Lipinski definition) is 1.